The summed E-state index contributed by atoms with van der Waals surface area (Å²) in [6, 6.07) is 0. The third kappa shape index (κ3) is 3.02. The lowest BCUT2D eigenvalue weighted by atomic mass is 10.2. The summed E-state index contributed by atoms with van der Waals surface area (Å²) < 4.78 is 10.6. The van der Waals surface area contributed by atoms with Gasteiger partial charge in [0.25, 0.3) is 0 Å². The summed E-state index contributed by atoms with van der Waals surface area (Å²) in [6.07, 6.45) is 2.05. The van der Waals surface area contributed by atoms with E-state index in [9.17, 15) is 4.79 Å². The molecule has 5 nitrogen and oxygen atoms in total. The van der Waals surface area contributed by atoms with Crippen LogP contribution >= 0.6 is 11.3 Å². The Bertz CT molecular complexity index is 398. The van der Waals surface area contributed by atoms with E-state index in [1.807, 2.05) is 0 Å². The number of aliphatic carboxylic acids is 1. The Labute approximate surface area is 103 Å². The molecule has 0 saturated carbocycles. The van der Waals surface area contributed by atoms with Crippen LogP contribution in [0.25, 0.3) is 0 Å². The van der Waals surface area contributed by atoms with Crippen LogP contribution in [-0.4, -0.2) is 29.8 Å². The van der Waals surface area contributed by atoms with Crippen molar-refractivity contribution in [3.05, 3.63) is 15.6 Å². The number of nitrogens with zero attached hydrogens (tertiary/aromatic N) is 1. The van der Waals surface area contributed by atoms with Crippen molar-refractivity contribution in [3.8, 4) is 0 Å². The van der Waals surface area contributed by atoms with Gasteiger partial charge < -0.3 is 14.6 Å². The number of methoxy groups -OCH3 is 1. The minimum absolute atomic E-state index is 0.00306. The highest BCUT2D eigenvalue weighted by Crippen LogP contribution is 2.33. The van der Waals surface area contributed by atoms with Crippen LogP contribution in [0.15, 0.2) is 0 Å². The molecule has 2 rings (SSSR count). The fourth-order valence-electron chi connectivity index (χ4n) is 1.84. The maximum Gasteiger partial charge on any atom is 0.308 e. The number of hydrogen-bond donors (Lipinski definition) is 1. The first-order chi connectivity index (χ1) is 8.20. The lowest BCUT2D eigenvalue weighted by Gasteiger charge is -2.03. The van der Waals surface area contributed by atoms with Crippen molar-refractivity contribution < 1.29 is 19.4 Å². The topological polar surface area (TPSA) is 68.7 Å². The van der Waals surface area contributed by atoms with Gasteiger partial charge in [-0.2, -0.15) is 0 Å². The summed E-state index contributed by atoms with van der Waals surface area (Å²) in [5.74, 6) is -0.843. The summed E-state index contributed by atoms with van der Waals surface area (Å²) in [5.41, 5.74) is 0.727. The van der Waals surface area contributed by atoms with E-state index in [0.29, 0.717) is 6.61 Å². The fourth-order valence-corrected chi connectivity index (χ4v) is 2.98. The Hall–Kier alpha value is -0.980. The number of rotatable bonds is 5. The van der Waals surface area contributed by atoms with E-state index in [-0.39, 0.29) is 12.5 Å². The number of thiazole rings is 1. The normalized spacial score (nSPS) is 19.7. The Morgan fingerprint density at radius 1 is 1.71 bits per heavy atom. The molecule has 2 heterocycles. The molecule has 0 amide bonds. The summed E-state index contributed by atoms with van der Waals surface area (Å²) >= 11 is 1.43. The van der Waals surface area contributed by atoms with E-state index in [4.69, 9.17) is 14.6 Å². The van der Waals surface area contributed by atoms with Crippen LogP contribution in [-0.2, 0) is 27.3 Å². The summed E-state index contributed by atoms with van der Waals surface area (Å²) in [6.45, 7) is 1.12. The van der Waals surface area contributed by atoms with E-state index in [2.05, 4.69) is 4.98 Å². The molecule has 0 spiro atoms. The molecule has 1 saturated heterocycles. The molecule has 94 valence electrons. The zero-order valence-corrected chi connectivity index (χ0v) is 10.5. The minimum Gasteiger partial charge on any atom is -0.481 e. The first-order valence-corrected chi connectivity index (χ1v) is 6.33. The van der Waals surface area contributed by atoms with Gasteiger partial charge in [-0.3, -0.25) is 4.79 Å². The summed E-state index contributed by atoms with van der Waals surface area (Å²) in [7, 11) is 1.58. The lowest BCUT2D eigenvalue weighted by Crippen LogP contribution is -2.02. The van der Waals surface area contributed by atoms with Gasteiger partial charge in [0.1, 0.15) is 11.1 Å². The van der Waals surface area contributed by atoms with E-state index in [0.717, 1.165) is 35.0 Å². The first-order valence-electron chi connectivity index (χ1n) is 5.51. The highest BCUT2D eigenvalue weighted by molar-refractivity contribution is 7.11. The molecule has 1 fully saturated rings. The van der Waals surface area contributed by atoms with E-state index < -0.39 is 5.97 Å². The third-order valence-electron chi connectivity index (χ3n) is 2.59. The number of carboxylic acids is 1. The molecule has 1 aliphatic heterocycles. The van der Waals surface area contributed by atoms with Crippen molar-refractivity contribution in [1.82, 2.24) is 4.98 Å². The second kappa shape index (κ2) is 5.57. The molecule has 17 heavy (non-hydrogen) atoms. The van der Waals surface area contributed by atoms with Gasteiger partial charge in [-0.15, -0.1) is 11.3 Å². The van der Waals surface area contributed by atoms with Crippen LogP contribution in [0.3, 0.4) is 0 Å². The molecule has 1 aliphatic rings. The standard InChI is InChI=1S/C11H15NO4S/c1-15-6-7-9(5-10(13)14)17-11(12-7)8-3-2-4-16-8/h8H,2-6H2,1H3,(H,13,14). The number of carboxylic acid groups (broad SMARTS) is 1. The van der Waals surface area contributed by atoms with Crippen molar-refractivity contribution in [3.63, 3.8) is 0 Å². The van der Waals surface area contributed by atoms with Crippen molar-refractivity contribution in [2.75, 3.05) is 13.7 Å². The second-order valence-corrected chi connectivity index (χ2v) is 5.04. The number of carbonyl (C=O) groups is 1. The van der Waals surface area contributed by atoms with Crippen LogP contribution in [0.1, 0.15) is 34.5 Å². The smallest absolute Gasteiger partial charge is 0.308 e. The zero-order valence-electron chi connectivity index (χ0n) is 9.64. The fraction of sp³-hybridized carbons (Fsp3) is 0.636. The van der Waals surface area contributed by atoms with Gasteiger partial charge in [-0.25, -0.2) is 4.98 Å². The molecule has 0 radical (unpaired) electrons. The number of aromatic nitrogens is 1. The highest BCUT2D eigenvalue weighted by Gasteiger charge is 2.23. The average Bonchev–Trinajstić information content (AvgIpc) is 2.87. The summed E-state index contributed by atoms with van der Waals surface area (Å²) in [4.78, 5) is 16.0. The number of hydrogen-bond acceptors (Lipinski definition) is 5. The van der Waals surface area contributed by atoms with Gasteiger partial charge in [0.2, 0.25) is 0 Å². The van der Waals surface area contributed by atoms with E-state index in [1.165, 1.54) is 11.3 Å². The van der Waals surface area contributed by atoms with Gasteiger partial charge in [0.05, 0.1) is 18.7 Å². The first kappa shape index (κ1) is 12.5. The zero-order chi connectivity index (χ0) is 12.3. The predicted octanol–water partition coefficient (Wildman–Crippen LogP) is 1.77. The van der Waals surface area contributed by atoms with Crippen LogP contribution in [0, 0.1) is 0 Å². The number of ether oxygens (including phenoxy) is 2. The van der Waals surface area contributed by atoms with Gasteiger partial charge >= 0.3 is 5.97 Å². The van der Waals surface area contributed by atoms with Gasteiger partial charge in [0, 0.05) is 18.6 Å². The average molecular weight is 257 g/mol. The van der Waals surface area contributed by atoms with Crippen molar-refractivity contribution in [2.45, 2.75) is 32.0 Å². The molecule has 0 aliphatic carbocycles. The molecule has 1 aromatic heterocycles. The van der Waals surface area contributed by atoms with Crippen LogP contribution in [0.5, 0.6) is 0 Å². The predicted molar refractivity (Wildman–Crippen MR) is 62.1 cm³/mol. The van der Waals surface area contributed by atoms with Gasteiger partial charge in [0.15, 0.2) is 0 Å². The molecule has 6 heteroatoms. The Kier molecular flexibility index (Phi) is 4.09. The highest BCUT2D eigenvalue weighted by atomic mass is 32.1. The Morgan fingerprint density at radius 3 is 3.12 bits per heavy atom. The van der Waals surface area contributed by atoms with Crippen LogP contribution in [0.2, 0.25) is 0 Å². The molecular formula is C11H15NO4S. The third-order valence-corrected chi connectivity index (χ3v) is 3.78. The molecule has 1 atom stereocenters. The van der Waals surface area contributed by atoms with Crippen LogP contribution in [0.4, 0.5) is 0 Å². The summed E-state index contributed by atoms with van der Waals surface area (Å²) in [5, 5.41) is 9.72. The Morgan fingerprint density at radius 2 is 2.53 bits per heavy atom. The maximum absolute atomic E-state index is 10.8. The largest absolute Gasteiger partial charge is 0.481 e. The Balaban J connectivity index is 2.19. The van der Waals surface area contributed by atoms with Crippen molar-refractivity contribution >= 4 is 17.3 Å². The van der Waals surface area contributed by atoms with Gasteiger partial charge in [-0.1, -0.05) is 0 Å². The molecule has 0 aromatic carbocycles. The molecule has 1 N–H and O–H groups in total. The lowest BCUT2D eigenvalue weighted by molar-refractivity contribution is -0.136. The molecule has 0 bridgehead atoms. The maximum atomic E-state index is 10.8. The van der Waals surface area contributed by atoms with E-state index >= 15 is 0 Å². The molecule has 1 aromatic rings. The van der Waals surface area contributed by atoms with Gasteiger partial charge in [-0.05, 0) is 12.8 Å². The monoisotopic (exact) mass is 257 g/mol. The molecular weight excluding hydrogens is 242 g/mol. The second-order valence-electron chi connectivity index (χ2n) is 3.93. The van der Waals surface area contributed by atoms with Crippen molar-refractivity contribution in [1.29, 1.82) is 0 Å². The minimum atomic E-state index is -0.843. The van der Waals surface area contributed by atoms with Crippen molar-refractivity contribution in [2.24, 2.45) is 0 Å². The quantitative estimate of drug-likeness (QED) is 0.870. The van der Waals surface area contributed by atoms with Crippen LogP contribution < -0.4 is 0 Å². The SMILES string of the molecule is COCc1nc(C2CCCO2)sc1CC(=O)O. The molecule has 1 unspecified atom stereocenters. The van der Waals surface area contributed by atoms with E-state index in [1.54, 1.807) is 7.11 Å².